The van der Waals surface area contributed by atoms with Crippen LogP contribution in [0.4, 0.5) is 13.2 Å². The molecule has 0 bridgehead atoms. The van der Waals surface area contributed by atoms with Crippen molar-refractivity contribution in [1.29, 1.82) is 0 Å². The van der Waals surface area contributed by atoms with Crippen LogP contribution in [0, 0.1) is 0 Å². The average molecular weight is 264 g/mol. The number of hydrogen-bond acceptors (Lipinski definition) is 2. The summed E-state index contributed by atoms with van der Waals surface area (Å²) in [6.45, 7) is 0. The van der Waals surface area contributed by atoms with Crippen LogP contribution in [0.5, 0.6) is 0 Å². The third kappa shape index (κ3) is 2.45. The lowest BCUT2D eigenvalue weighted by Gasteiger charge is -2.19. The van der Waals surface area contributed by atoms with Crippen LogP contribution in [0.2, 0.25) is 0 Å². The highest BCUT2D eigenvalue weighted by atomic mass is 19.4. The maximum Gasteiger partial charge on any atom is 0.396 e. The van der Waals surface area contributed by atoms with Gasteiger partial charge in [-0.2, -0.15) is 13.2 Å². The fraction of sp³-hybridized carbons (Fsp3) is 0.286. The van der Waals surface area contributed by atoms with Crippen LogP contribution in [0.25, 0.3) is 11.3 Å². The summed E-state index contributed by atoms with van der Waals surface area (Å²) in [5, 5.41) is 0. The molecular weight excluding hydrogens is 253 g/mol. The van der Waals surface area contributed by atoms with Crippen LogP contribution >= 0.6 is 0 Å². The molecule has 0 N–H and O–H groups in total. The predicted octanol–water partition coefficient (Wildman–Crippen LogP) is 3.35. The molecule has 98 valence electrons. The SMILES string of the molecule is FC(F)(F)Cc1ncc2c(n1)-c1ccccc1CC2. The first kappa shape index (κ1) is 12.1. The maximum atomic E-state index is 12.4. The molecule has 0 saturated heterocycles. The Hall–Kier alpha value is -1.91. The fourth-order valence-corrected chi connectivity index (χ4v) is 2.36. The van der Waals surface area contributed by atoms with Gasteiger partial charge in [0.1, 0.15) is 12.2 Å². The predicted molar refractivity (Wildman–Crippen MR) is 64.6 cm³/mol. The van der Waals surface area contributed by atoms with E-state index in [4.69, 9.17) is 0 Å². The summed E-state index contributed by atoms with van der Waals surface area (Å²) >= 11 is 0. The zero-order valence-corrected chi connectivity index (χ0v) is 10.0. The number of aryl methyl sites for hydroxylation is 2. The summed E-state index contributed by atoms with van der Waals surface area (Å²) in [6, 6.07) is 7.70. The standard InChI is InChI=1S/C14H11F3N2/c15-14(16,17)7-12-18-8-10-6-5-9-3-1-2-4-11(9)13(10)19-12/h1-4,8H,5-7H2. The van der Waals surface area contributed by atoms with Crippen molar-refractivity contribution in [3.05, 3.63) is 47.4 Å². The van der Waals surface area contributed by atoms with Crippen LogP contribution in [-0.4, -0.2) is 16.1 Å². The van der Waals surface area contributed by atoms with Gasteiger partial charge in [0.25, 0.3) is 0 Å². The highest BCUT2D eigenvalue weighted by Gasteiger charge is 2.30. The molecular formula is C14H11F3N2. The molecule has 1 heterocycles. The van der Waals surface area contributed by atoms with Crippen molar-refractivity contribution in [3.63, 3.8) is 0 Å². The summed E-state index contributed by atoms with van der Waals surface area (Å²) in [6.07, 6.45) is -2.17. The number of nitrogens with zero attached hydrogens (tertiary/aromatic N) is 2. The minimum atomic E-state index is -4.28. The third-order valence-corrected chi connectivity index (χ3v) is 3.21. The summed E-state index contributed by atoms with van der Waals surface area (Å²) in [7, 11) is 0. The zero-order valence-electron chi connectivity index (χ0n) is 10.0. The highest BCUT2D eigenvalue weighted by Crippen LogP contribution is 2.32. The summed E-state index contributed by atoms with van der Waals surface area (Å²) in [5.41, 5.74) is 3.63. The van der Waals surface area contributed by atoms with Crippen molar-refractivity contribution < 1.29 is 13.2 Å². The molecule has 1 aliphatic carbocycles. The molecule has 0 saturated carbocycles. The second-order valence-electron chi connectivity index (χ2n) is 4.61. The average Bonchev–Trinajstić information content (AvgIpc) is 2.37. The van der Waals surface area contributed by atoms with Gasteiger partial charge >= 0.3 is 6.18 Å². The zero-order chi connectivity index (χ0) is 13.5. The summed E-state index contributed by atoms with van der Waals surface area (Å²) < 4.78 is 37.2. The van der Waals surface area contributed by atoms with Crippen LogP contribution in [0.1, 0.15) is 17.0 Å². The molecule has 1 aliphatic rings. The van der Waals surface area contributed by atoms with E-state index in [2.05, 4.69) is 9.97 Å². The molecule has 3 rings (SSSR count). The van der Waals surface area contributed by atoms with Gasteiger partial charge in [0.15, 0.2) is 0 Å². The van der Waals surface area contributed by atoms with Gasteiger partial charge < -0.3 is 0 Å². The molecule has 0 unspecified atom stereocenters. The van der Waals surface area contributed by atoms with Crippen LogP contribution in [0.3, 0.4) is 0 Å². The van der Waals surface area contributed by atoms with Crippen molar-refractivity contribution in [3.8, 4) is 11.3 Å². The monoisotopic (exact) mass is 264 g/mol. The van der Waals surface area contributed by atoms with E-state index >= 15 is 0 Å². The first-order valence-corrected chi connectivity index (χ1v) is 6.03. The smallest absolute Gasteiger partial charge is 0.241 e. The molecule has 2 nitrogen and oxygen atoms in total. The summed E-state index contributed by atoms with van der Waals surface area (Å²) in [5.74, 6) is -0.164. The Kier molecular flexibility index (Phi) is 2.77. The molecule has 0 fully saturated rings. The van der Waals surface area contributed by atoms with Crippen molar-refractivity contribution >= 4 is 0 Å². The lowest BCUT2D eigenvalue weighted by molar-refractivity contribution is -0.128. The first-order valence-electron chi connectivity index (χ1n) is 6.03. The van der Waals surface area contributed by atoms with Crippen LogP contribution in [0.15, 0.2) is 30.5 Å². The van der Waals surface area contributed by atoms with E-state index in [1.165, 1.54) is 6.20 Å². The molecule has 1 aromatic carbocycles. The Morgan fingerprint density at radius 1 is 1.05 bits per heavy atom. The number of halogens is 3. The van der Waals surface area contributed by atoms with E-state index < -0.39 is 12.6 Å². The molecule has 2 aromatic rings. The molecule has 0 amide bonds. The van der Waals surface area contributed by atoms with Gasteiger partial charge in [0.05, 0.1) is 5.69 Å². The molecule has 0 aliphatic heterocycles. The van der Waals surface area contributed by atoms with Crippen molar-refractivity contribution in [2.45, 2.75) is 25.4 Å². The third-order valence-electron chi connectivity index (χ3n) is 3.21. The Morgan fingerprint density at radius 2 is 1.79 bits per heavy atom. The minimum Gasteiger partial charge on any atom is -0.241 e. The van der Waals surface area contributed by atoms with Crippen LogP contribution < -0.4 is 0 Å². The van der Waals surface area contributed by atoms with Crippen molar-refractivity contribution in [2.24, 2.45) is 0 Å². The summed E-state index contributed by atoms with van der Waals surface area (Å²) in [4.78, 5) is 7.93. The molecule has 19 heavy (non-hydrogen) atoms. The van der Waals surface area contributed by atoms with E-state index in [1.807, 2.05) is 24.3 Å². The normalized spacial score (nSPS) is 13.8. The second kappa shape index (κ2) is 4.33. The van der Waals surface area contributed by atoms with Crippen molar-refractivity contribution in [2.75, 3.05) is 0 Å². The lowest BCUT2D eigenvalue weighted by Crippen LogP contribution is -2.16. The molecule has 1 aromatic heterocycles. The van der Waals surface area contributed by atoms with Gasteiger partial charge in [0, 0.05) is 11.8 Å². The van der Waals surface area contributed by atoms with Gasteiger partial charge in [-0.15, -0.1) is 0 Å². The second-order valence-corrected chi connectivity index (χ2v) is 4.61. The first-order chi connectivity index (χ1) is 9.03. The van der Waals surface area contributed by atoms with Gasteiger partial charge in [-0.3, -0.25) is 0 Å². The number of fused-ring (bicyclic) bond motifs is 3. The fourth-order valence-electron chi connectivity index (χ4n) is 2.36. The number of rotatable bonds is 1. The Balaban J connectivity index is 2.05. The van der Waals surface area contributed by atoms with Gasteiger partial charge in [-0.25, -0.2) is 9.97 Å². The van der Waals surface area contributed by atoms with E-state index in [-0.39, 0.29) is 5.82 Å². The van der Waals surface area contributed by atoms with Gasteiger partial charge in [0.2, 0.25) is 0 Å². The Bertz CT molecular complexity index is 620. The maximum absolute atomic E-state index is 12.4. The molecule has 0 spiro atoms. The van der Waals surface area contributed by atoms with E-state index in [0.29, 0.717) is 5.69 Å². The van der Waals surface area contributed by atoms with Crippen molar-refractivity contribution in [1.82, 2.24) is 9.97 Å². The van der Waals surface area contributed by atoms with E-state index in [1.54, 1.807) is 0 Å². The number of hydrogen-bond donors (Lipinski definition) is 0. The number of alkyl halides is 3. The molecule has 5 heteroatoms. The molecule has 0 radical (unpaired) electrons. The largest absolute Gasteiger partial charge is 0.396 e. The van der Waals surface area contributed by atoms with Gasteiger partial charge in [-0.1, -0.05) is 24.3 Å². The topological polar surface area (TPSA) is 25.8 Å². The van der Waals surface area contributed by atoms with Gasteiger partial charge in [-0.05, 0) is 24.0 Å². The van der Waals surface area contributed by atoms with Crippen LogP contribution in [-0.2, 0) is 19.3 Å². The Labute approximate surface area is 108 Å². The Morgan fingerprint density at radius 3 is 2.58 bits per heavy atom. The minimum absolute atomic E-state index is 0.164. The van der Waals surface area contributed by atoms with E-state index in [0.717, 1.165) is 29.5 Å². The quantitative estimate of drug-likeness (QED) is 0.789. The number of benzene rings is 1. The van der Waals surface area contributed by atoms with E-state index in [9.17, 15) is 13.2 Å². The molecule has 0 atom stereocenters. The highest BCUT2D eigenvalue weighted by molar-refractivity contribution is 5.69. The lowest BCUT2D eigenvalue weighted by atomic mass is 9.90. The number of aromatic nitrogens is 2.